The summed E-state index contributed by atoms with van der Waals surface area (Å²) in [4.78, 5) is 1.19. The standard InChI is InChI=1S/C16H12BrClOS/c17-16-8-6-12(20-16)10-19-15-7-5-11-3-1-2-4-13(11)14(15)9-18/h1-8H,9-10H2. The van der Waals surface area contributed by atoms with Gasteiger partial charge in [0.1, 0.15) is 12.4 Å². The zero-order valence-electron chi connectivity index (χ0n) is 10.6. The second kappa shape index (κ2) is 6.17. The van der Waals surface area contributed by atoms with E-state index in [4.69, 9.17) is 16.3 Å². The summed E-state index contributed by atoms with van der Waals surface area (Å²) < 4.78 is 7.06. The Morgan fingerprint density at radius 1 is 1.05 bits per heavy atom. The van der Waals surface area contributed by atoms with Crippen LogP contribution < -0.4 is 4.74 Å². The number of ether oxygens (including phenoxy) is 1. The van der Waals surface area contributed by atoms with Gasteiger partial charge in [-0.3, -0.25) is 0 Å². The average molecular weight is 368 g/mol. The summed E-state index contributed by atoms with van der Waals surface area (Å²) in [7, 11) is 0. The summed E-state index contributed by atoms with van der Waals surface area (Å²) in [5, 5.41) is 2.35. The van der Waals surface area contributed by atoms with Crippen LogP contribution in [0.3, 0.4) is 0 Å². The molecule has 0 unspecified atom stereocenters. The van der Waals surface area contributed by atoms with Crippen molar-refractivity contribution >= 4 is 49.6 Å². The molecule has 3 aromatic rings. The topological polar surface area (TPSA) is 9.23 Å². The van der Waals surface area contributed by atoms with Crippen molar-refractivity contribution in [3.63, 3.8) is 0 Å². The lowest BCUT2D eigenvalue weighted by Crippen LogP contribution is -1.96. The van der Waals surface area contributed by atoms with Gasteiger partial charge in [-0.25, -0.2) is 0 Å². The Morgan fingerprint density at radius 3 is 2.65 bits per heavy atom. The van der Waals surface area contributed by atoms with Gasteiger partial charge in [-0.1, -0.05) is 30.3 Å². The van der Waals surface area contributed by atoms with Gasteiger partial charge in [0.05, 0.1) is 9.67 Å². The highest BCUT2D eigenvalue weighted by molar-refractivity contribution is 9.11. The summed E-state index contributed by atoms with van der Waals surface area (Å²) in [6.07, 6.45) is 0. The number of hydrogen-bond acceptors (Lipinski definition) is 2. The Labute approximate surface area is 135 Å². The van der Waals surface area contributed by atoms with E-state index in [9.17, 15) is 0 Å². The van der Waals surface area contributed by atoms with Crippen LogP contribution in [0.4, 0.5) is 0 Å². The van der Waals surface area contributed by atoms with E-state index in [-0.39, 0.29) is 0 Å². The molecule has 1 nitrogen and oxygen atoms in total. The van der Waals surface area contributed by atoms with Gasteiger partial charge in [0.15, 0.2) is 0 Å². The van der Waals surface area contributed by atoms with Gasteiger partial charge in [0.2, 0.25) is 0 Å². The first-order valence-electron chi connectivity index (χ1n) is 6.21. The van der Waals surface area contributed by atoms with Crippen molar-refractivity contribution in [1.82, 2.24) is 0 Å². The predicted octanol–water partition coefficient (Wildman–Crippen LogP) is 5.98. The first-order valence-corrected chi connectivity index (χ1v) is 8.36. The molecule has 0 radical (unpaired) electrons. The van der Waals surface area contributed by atoms with E-state index >= 15 is 0 Å². The first-order chi connectivity index (χ1) is 9.78. The number of thiophene rings is 1. The Balaban J connectivity index is 1.91. The second-order valence-electron chi connectivity index (χ2n) is 4.39. The molecule has 0 bridgehead atoms. The third-order valence-corrected chi connectivity index (χ3v) is 4.99. The molecule has 0 saturated heterocycles. The monoisotopic (exact) mass is 366 g/mol. The lowest BCUT2D eigenvalue weighted by molar-refractivity contribution is 0.308. The molecule has 0 aliphatic carbocycles. The van der Waals surface area contributed by atoms with Crippen molar-refractivity contribution in [3.8, 4) is 5.75 Å². The maximum absolute atomic E-state index is 6.11. The van der Waals surface area contributed by atoms with E-state index in [0.717, 1.165) is 20.5 Å². The van der Waals surface area contributed by atoms with E-state index in [0.29, 0.717) is 12.5 Å². The highest BCUT2D eigenvalue weighted by atomic mass is 79.9. The van der Waals surface area contributed by atoms with Crippen molar-refractivity contribution in [3.05, 3.63) is 62.8 Å². The molecule has 102 valence electrons. The zero-order chi connectivity index (χ0) is 13.9. The summed E-state index contributed by atoms with van der Waals surface area (Å²) in [6, 6.07) is 16.4. The van der Waals surface area contributed by atoms with Crippen LogP contribution in [0.15, 0.2) is 52.3 Å². The van der Waals surface area contributed by atoms with Crippen LogP contribution in [0.2, 0.25) is 0 Å². The van der Waals surface area contributed by atoms with Crippen LogP contribution in [0, 0.1) is 0 Å². The smallest absolute Gasteiger partial charge is 0.124 e. The van der Waals surface area contributed by atoms with E-state index in [1.807, 2.05) is 24.3 Å². The van der Waals surface area contributed by atoms with Crippen molar-refractivity contribution in [2.24, 2.45) is 0 Å². The predicted molar refractivity (Wildman–Crippen MR) is 89.9 cm³/mol. The molecule has 2 aromatic carbocycles. The molecule has 0 spiro atoms. The van der Waals surface area contributed by atoms with Crippen molar-refractivity contribution in [2.75, 3.05) is 0 Å². The largest absolute Gasteiger partial charge is 0.488 e. The maximum atomic E-state index is 6.11. The number of rotatable bonds is 4. The summed E-state index contributed by atoms with van der Waals surface area (Å²) >= 11 is 11.3. The molecular weight excluding hydrogens is 356 g/mol. The molecule has 1 heterocycles. The molecular formula is C16H12BrClOS. The van der Waals surface area contributed by atoms with Crippen molar-refractivity contribution in [2.45, 2.75) is 12.5 Å². The Morgan fingerprint density at radius 2 is 1.90 bits per heavy atom. The van der Waals surface area contributed by atoms with Crippen LogP contribution >= 0.6 is 38.9 Å². The van der Waals surface area contributed by atoms with Gasteiger partial charge in [-0.15, -0.1) is 22.9 Å². The highest BCUT2D eigenvalue weighted by Gasteiger charge is 2.08. The fourth-order valence-electron chi connectivity index (χ4n) is 2.17. The fraction of sp³-hybridized carbons (Fsp3) is 0.125. The van der Waals surface area contributed by atoms with E-state index in [2.05, 4.69) is 40.2 Å². The quantitative estimate of drug-likeness (QED) is 0.515. The molecule has 0 N–H and O–H groups in total. The Hall–Kier alpha value is -1.03. The number of hydrogen-bond donors (Lipinski definition) is 0. The number of fused-ring (bicyclic) bond motifs is 1. The normalized spacial score (nSPS) is 10.9. The van der Waals surface area contributed by atoms with Crippen LogP contribution in [0.5, 0.6) is 5.75 Å². The van der Waals surface area contributed by atoms with Crippen LogP contribution in [-0.2, 0) is 12.5 Å². The van der Waals surface area contributed by atoms with Gasteiger partial charge in [0.25, 0.3) is 0 Å². The summed E-state index contributed by atoms with van der Waals surface area (Å²) in [6.45, 7) is 0.568. The maximum Gasteiger partial charge on any atom is 0.124 e. The molecule has 0 saturated carbocycles. The summed E-state index contributed by atoms with van der Waals surface area (Å²) in [5.41, 5.74) is 1.06. The number of benzene rings is 2. The van der Waals surface area contributed by atoms with Gasteiger partial charge < -0.3 is 4.74 Å². The van der Waals surface area contributed by atoms with E-state index < -0.39 is 0 Å². The van der Waals surface area contributed by atoms with Crippen molar-refractivity contribution < 1.29 is 4.74 Å². The molecule has 0 amide bonds. The minimum absolute atomic E-state index is 0.449. The molecule has 0 aliphatic rings. The van der Waals surface area contributed by atoms with Gasteiger partial charge in [-0.05, 0) is 44.9 Å². The zero-order valence-corrected chi connectivity index (χ0v) is 13.8. The van der Waals surface area contributed by atoms with Crippen molar-refractivity contribution in [1.29, 1.82) is 0 Å². The SMILES string of the molecule is ClCc1c(OCc2ccc(Br)s2)ccc2ccccc12. The average Bonchev–Trinajstić information content (AvgIpc) is 2.90. The molecule has 4 heteroatoms. The molecule has 3 rings (SSSR count). The minimum Gasteiger partial charge on any atom is -0.488 e. The van der Waals surface area contributed by atoms with Gasteiger partial charge in [-0.2, -0.15) is 0 Å². The molecule has 1 aromatic heterocycles. The molecule has 0 aliphatic heterocycles. The lowest BCUT2D eigenvalue weighted by atomic mass is 10.0. The first kappa shape index (κ1) is 13.9. The molecule has 0 fully saturated rings. The third kappa shape index (κ3) is 2.85. The third-order valence-electron chi connectivity index (χ3n) is 3.13. The van der Waals surface area contributed by atoms with Crippen LogP contribution in [0.25, 0.3) is 10.8 Å². The van der Waals surface area contributed by atoms with E-state index in [1.54, 1.807) is 11.3 Å². The minimum atomic E-state index is 0.449. The van der Waals surface area contributed by atoms with Crippen LogP contribution in [0.1, 0.15) is 10.4 Å². The Kier molecular flexibility index (Phi) is 4.29. The summed E-state index contributed by atoms with van der Waals surface area (Å²) in [5.74, 6) is 1.31. The molecule has 20 heavy (non-hydrogen) atoms. The Bertz CT molecular complexity index is 738. The number of halogens is 2. The lowest BCUT2D eigenvalue weighted by Gasteiger charge is -2.12. The highest BCUT2D eigenvalue weighted by Crippen LogP contribution is 2.31. The van der Waals surface area contributed by atoms with Gasteiger partial charge in [0, 0.05) is 10.4 Å². The fourth-order valence-corrected chi connectivity index (χ4v) is 3.84. The van der Waals surface area contributed by atoms with Crippen LogP contribution in [-0.4, -0.2) is 0 Å². The van der Waals surface area contributed by atoms with E-state index in [1.165, 1.54) is 10.3 Å². The van der Waals surface area contributed by atoms with Gasteiger partial charge >= 0.3 is 0 Å². The molecule has 0 atom stereocenters. The second-order valence-corrected chi connectivity index (χ2v) is 7.21. The number of alkyl halides is 1.